The lowest BCUT2D eigenvalue weighted by Crippen LogP contribution is -2.16. The lowest BCUT2D eigenvalue weighted by molar-refractivity contribution is 0.101. The van der Waals surface area contributed by atoms with Crippen LogP contribution in [0.2, 0.25) is 0 Å². The molecule has 0 atom stereocenters. The minimum absolute atomic E-state index is 0.0976. The molecule has 0 saturated heterocycles. The number of nitrogens with zero attached hydrogens (tertiary/aromatic N) is 1. The summed E-state index contributed by atoms with van der Waals surface area (Å²) in [4.78, 5) is 24.6. The maximum atomic E-state index is 12.7. The molecule has 0 aliphatic carbocycles. The van der Waals surface area contributed by atoms with Crippen molar-refractivity contribution in [3.05, 3.63) is 59.9 Å². The molecule has 0 spiro atoms. The Morgan fingerprint density at radius 3 is 2.64 bits per heavy atom. The average Bonchev–Trinajstić information content (AvgIpc) is 3.02. The van der Waals surface area contributed by atoms with Gasteiger partial charge in [-0.05, 0) is 30.3 Å². The molecule has 2 aromatic heterocycles. The van der Waals surface area contributed by atoms with E-state index in [1.54, 1.807) is 34.9 Å². The number of pyridine rings is 1. The standard InChI is InChI=1S/C19H16N2O4/c1-12(22)16-11-14(15-4-2-3-7-21(15)16)19(23)20-13-5-6-17-18(10-13)25-9-8-24-17/h2-7,10-11H,8-9H2,1H3,(H,20,23). The number of amides is 1. The normalized spacial score (nSPS) is 12.8. The predicted molar refractivity (Wildman–Crippen MR) is 92.8 cm³/mol. The molecule has 4 rings (SSSR count). The van der Waals surface area contributed by atoms with Gasteiger partial charge in [0.1, 0.15) is 13.2 Å². The number of ether oxygens (including phenoxy) is 2. The third kappa shape index (κ3) is 2.71. The number of hydrogen-bond acceptors (Lipinski definition) is 4. The van der Waals surface area contributed by atoms with Gasteiger partial charge in [0, 0.05) is 24.9 Å². The number of hydrogen-bond donors (Lipinski definition) is 1. The van der Waals surface area contributed by atoms with Gasteiger partial charge in [-0.25, -0.2) is 0 Å². The Hall–Kier alpha value is -3.28. The van der Waals surface area contributed by atoms with E-state index < -0.39 is 0 Å². The summed E-state index contributed by atoms with van der Waals surface area (Å²) in [6.07, 6.45) is 1.77. The molecule has 6 nitrogen and oxygen atoms in total. The highest BCUT2D eigenvalue weighted by Gasteiger charge is 2.18. The van der Waals surface area contributed by atoms with Gasteiger partial charge in [0.15, 0.2) is 17.3 Å². The fraction of sp³-hybridized carbons (Fsp3) is 0.158. The van der Waals surface area contributed by atoms with Crippen molar-refractivity contribution >= 4 is 22.9 Å². The van der Waals surface area contributed by atoms with E-state index in [-0.39, 0.29) is 11.7 Å². The first-order chi connectivity index (χ1) is 12.1. The third-order valence-corrected chi connectivity index (χ3v) is 4.08. The molecule has 0 fully saturated rings. The van der Waals surface area contributed by atoms with Crippen LogP contribution in [0.15, 0.2) is 48.7 Å². The fourth-order valence-corrected chi connectivity index (χ4v) is 2.93. The molecule has 1 N–H and O–H groups in total. The van der Waals surface area contributed by atoms with Gasteiger partial charge >= 0.3 is 0 Å². The van der Waals surface area contributed by atoms with Crippen LogP contribution in [0.1, 0.15) is 27.8 Å². The average molecular weight is 336 g/mol. The van der Waals surface area contributed by atoms with Gasteiger partial charge in [-0.1, -0.05) is 6.07 Å². The summed E-state index contributed by atoms with van der Waals surface area (Å²) < 4.78 is 12.7. The Kier molecular flexibility index (Phi) is 3.65. The Balaban J connectivity index is 1.68. The van der Waals surface area contributed by atoms with Gasteiger partial charge in [-0.15, -0.1) is 0 Å². The number of fused-ring (bicyclic) bond motifs is 2. The molecular weight excluding hydrogens is 320 g/mol. The highest BCUT2D eigenvalue weighted by Crippen LogP contribution is 2.33. The maximum Gasteiger partial charge on any atom is 0.257 e. The third-order valence-electron chi connectivity index (χ3n) is 4.08. The second-order valence-electron chi connectivity index (χ2n) is 5.77. The Morgan fingerprint density at radius 2 is 1.84 bits per heavy atom. The van der Waals surface area contributed by atoms with Crippen molar-refractivity contribution in [2.24, 2.45) is 0 Å². The molecule has 25 heavy (non-hydrogen) atoms. The van der Waals surface area contributed by atoms with E-state index in [0.29, 0.717) is 47.2 Å². The quantitative estimate of drug-likeness (QED) is 0.746. The van der Waals surface area contributed by atoms with Crippen LogP contribution in [-0.4, -0.2) is 29.3 Å². The molecule has 1 aliphatic rings. The van der Waals surface area contributed by atoms with E-state index in [1.165, 1.54) is 6.92 Å². The van der Waals surface area contributed by atoms with Crippen LogP contribution in [0.3, 0.4) is 0 Å². The SMILES string of the molecule is CC(=O)c1cc(C(=O)Nc2ccc3c(c2)OCCO3)c2ccccn12. The summed E-state index contributed by atoms with van der Waals surface area (Å²) in [6.45, 7) is 2.48. The molecule has 3 aromatic rings. The number of carbonyl (C=O) groups excluding carboxylic acids is 2. The van der Waals surface area contributed by atoms with Crippen LogP contribution in [0.5, 0.6) is 11.5 Å². The van der Waals surface area contributed by atoms with Gasteiger partial charge in [0.25, 0.3) is 5.91 Å². The monoisotopic (exact) mass is 336 g/mol. The van der Waals surface area contributed by atoms with Gasteiger partial charge in [-0.2, -0.15) is 0 Å². The van der Waals surface area contributed by atoms with Crippen molar-refractivity contribution < 1.29 is 19.1 Å². The molecule has 0 saturated carbocycles. The van der Waals surface area contributed by atoms with E-state index in [2.05, 4.69) is 5.32 Å². The summed E-state index contributed by atoms with van der Waals surface area (Å²) in [5, 5.41) is 2.85. The zero-order valence-electron chi connectivity index (χ0n) is 13.6. The molecule has 1 aliphatic heterocycles. The number of carbonyl (C=O) groups is 2. The lowest BCUT2D eigenvalue weighted by atomic mass is 10.2. The first-order valence-corrected chi connectivity index (χ1v) is 7.95. The van der Waals surface area contributed by atoms with Crippen molar-refractivity contribution in [1.29, 1.82) is 0 Å². The minimum Gasteiger partial charge on any atom is -0.486 e. The summed E-state index contributed by atoms with van der Waals surface area (Å²) in [6, 6.07) is 12.3. The van der Waals surface area contributed by atoms with Gasteiger partial charge in [0.05, 0.1) is 16.8 Å². The van der Waals surface area contributed by atoms with Gasteiger partial charge in [-0.3, -0.25) is 9.59 Å². The first-order valence-electron chi connectivity index (χ1n) is 7.95. The molecule has 126 valence electrons. The largest absolute Gasteiger partial charge is 0.486 e. The van der Waals surface area contributed by atoms with Crippen molar-refractivity contribution in [1.82, 2.24) is 4.40 Å². The van der Waals surface area contributed by atoms with Crippen LogP contribution < -0.4 is 14.8 Å². The van der Waals surface area contributed by atoms with Crippen molar-refractivity contribution in [3.8, 4) is 11.5 Å². The van der Waals surface area contributed by atoms with E-state index in [9.17, 15) is 9.59 Å². The number of aromatic nitrogens is 1. The van der Waals surface area contributed by atoms with E-state index in [0.717, 1.165) is 0 Å². The predicted octanol–water partition coefficient (Wildman–Crippen LogP) is 3.17. The van der Waals surface area contributed by atoms with E-state index >= 15 is 0 Å². The minimum atomic E-state index is -0.284. The molecule has 0 bridgehead atoms. The van der Waals surface area contributed by atoms with Crippen LogP contribution >= 0.6 is 0 Å². The van der Waals surface area contributed by atoms with E-state index in [1.807, 2.05) is 18.2 Å². The second kappa shape index (κ2) is 5.98. The molecule has 0 unspecified atom stereocenters. The molecule has 1 aromatic carbocycles. The zero-order valence-corrected chi connectivity index (χ0v) is 13.6. The fourth-order valence-electron chi connectivity index (χ4n) is 2.93. The first kappa shape index (κ1) is 15.3. The van der Waals surface area contributed by atoms with Crippen LogP contribution in [0.4, 0.5) is 5.69 Å². The number of anilines is 1. The summed E-state index contributed by atoms with van der Waals surface area (Å²) in [5.41, 5.74) is 2.21. The zero-order chi connectivity index (χ0) is 17.4. The lowest BCUT2D eigenvalue weighted by Gasteiger charge is -2.18. The van der Waals surface area contributed by atoms with Gasteiger partial charge in [0.2, 0.25) is 0 Å². The van der Waals surface area contributed by atoms with Gasteiger partial charge < -0.3 is 19.2 Å². The van der Waals surface area contributed by atoms with Crippen LogP contribution in [0, 0.1) is 0 Å². The second-order valence-corrected chi connectivity index (χ2v) is 5.77. The molecule has 1 amide bonds. The molecule has 3 heterocycles. The molecule has 6 heteroatoms. The summed E-state index contributed by atoms with van der Waals surface area (Å²) >= 11 is 0. The van der Waals surface area contributed by atoms with Crippen LogP contribution in [0.25, 0.3) is 5.52 Å². The topological polar surface area (TPSA) is 69.0 Å². The maximum absolute atomic E-state index is 12.7. The number of nitrogens with one attached hydrogen (secondary N) is 1. The van der Waals surface area contributed by atoms with Crippen LogP contribution in [-0.2, 0) is 0 Å². The Morgan fingerprint density at radius 1 is 1.04 bits per heavy atom. The Labute approximate surface area is 144 Å². The summed E-state index contributed by atoms with van der Waals surface area (Å²) in [5.74, 6) is 0.889. The smallest absolute Gasteiger partial charge is 0.257 e. The number of ketones is 1. The van der Waals surface area contributed by atoms with Crippen molar-refractivity contribution in [3.63, 3.8) is 0 Å². The highest BCUT2D eigenvalue weighted by atomic mass is 16.6. The number of Topliss-reactive ketones (excluding diaryl/α,β-unsaturated/α-hetero) is 1. The van der Waals surface area contributed by atoms with E-state index in [4.69, 9.17) is 9.47 Å². The Bertz CT molecular complexity index is 990. The number of benzene rings is 1. The van der Waals surface area contributed by atoms with Crippen molar-refractivity contribution in [2.45, 2.75) is 6.92 Å². The van der Waals surface area contributed by atoms with Crippen molar-refractivity contribution in [2.75, 3.05) is 18.5 Å². The molecule has 0 radical (unpaired) electrons. The number of rotatable bonds is 3. The molecular formula is C19H16N2O4. The summed E-state index contributed by atoms with van der Waals surface area (Å²) in [7, 11) is 0. The highest BCUT2D eigenvalue weighted by molar-refractivity contribution is 6.11.